The summed E-state index contributed by atoms with van der Waals surface area (Å²) in [7, 11) is 3.21. The maximum Gasteiger partial charge on any atom is 0.252 e. The van der Waals surface area contributed by atoms with Crippen molar-refractivity contribution in [3.63, 3.8) is 0 Å². The van der Waals surface area contributed by atoms with Crippen LogP contribution in [-0.4, -0.2) is 45.2 Å². The summed E-state index contributed by atoms with van der Waals surface area (Å²) in [6.45, 7) is 1.27. The first-order valence-electron chi connectivity index (χ1n) is 12.2. The van der Waals surface area contributed by atoms with Crippen LogP contribution in [0.1, 0.15) is 55.3 Å². The van der Waals surface area contributed by atoms with Crippen molar-refractivity contribution in [1.29, 1.82) is 0 Å². The quantitative estimate of drug-likeness (QED) is 0.403. The summed E-state index contributed by atoms with van der Waals surface area (Å²) in [5, 5.41) is 9.33. The van der Waals surface area contributed by atoms with Crippen molar-refractivity contribution in [2.45, 2.75) is 51.0 Å². The molecule has 7 nitrogen and oxygen atoms in total. The minimum Gasteiger partial charge on any atom is -0.497 e. The topological polar surface area (TPSA) is 88.7 Å². The Bertz CT molecular complexity index is 910. The molecular formula is C27H37N3O4. The first kappa shape index (κ1) is 25.4. The molecule has 0 radical (unpaired) electrons. The summed E-state index contributed by atoms with van der Waals surface area (Å²) < 4.78 is 10.4. The van der Waals surface area contributed by atoms with E-state index in [1.54, 1.807) is 38.5 Å². The SMILES string of the molecule is COc1ccc(NCCCNC(=O)[C@H](CC2CCCCC2)NC(=O)c2cccc(OC)c2)cc1. The monoisotopic (exact) mass is 467 g/mol. The van der Waals surface area contributed by atoms with Gasteiger partial charge in [-0.25, -0.2) is 0 Å². The van der Waals surface area contributed by atoms with Gasteiger partial charge in [-0.15, -0.1) is 0 Å². The highest BCUT2D eigenvalue weighted by molar-refractivity contribution is 5.97. The van der Waals surface area contributed by atoms with Crippen molar-refractivity contribution in [2.24, 2.45) is 5.92 Å². The first-order chi connectivity index (χ1) is 16.6. The Balaban J connectivity index is 1.51. The number of rotatable bonds is 12. The minimum atomic E-state index is -0.545. The minimum absolute atomic E-state index is 0.119. The van der Waals surface area contributed by atoms with Gasteiger partial charge in [0.15, 0.2) is 0 Å². The van der Waals surface area contributed by atoms with E-state index in [2.05, 4.69) is 16.0 Å². The highest BCUT2D eigenvalue weighted by Gasteiger charge is 2.26. The number of hydrogen-bond acceptors (Lipinski definition) is 5. The van der Waals surface area contributed by atoms with E-state index in [0.717, 1.165) is 37.2 Å². The maximum absolute atomic E-state index is 13.0. The smallest absolute Gasteiger partial charge is 0.252 e. The van der Waals surface area contributed by atoms with Gasteiger partial charge in [0.1, 0.15) is 17.5 Å². The summed E-state index contributed by atoms with van der Waals surface area (Å²) >= 11 is 0. The summed E-state index contributed by atoms with van der Waals surface area (Å²) in [5.74, 6) is 1.53. The third-order valence-electron chi connectivity index (χ3n) is 6.32. The number of nitrogens with one attached hydrogen (secondary N) is 3. The number of hydrogen-bond donors (Lipinski definition) is 3. The zero-order valence-electron chi connectivity index (χ0n) is 20.3. The Hall–Kier alpha value is -3.22. The number of anilines is 1. The Morgan fingerprint density at radius 2 is 1.68 bits per heavy atom. The van der Waals surface area contributed by atoms with Crippen LogP contribution in [0.5, 0.6) is 11.5 Å². The van der Waals surface area contributed by atoms with E-state index < -0.39 is 6.04 Å². The van der Waals surface area contributed by atoms with E-state index in [1.807, 2.05) is 24.3 Å². The van der Waals surface area contributed by atoms with Gasteiger partial charge in [0.25, 0.3) is 5.91 Å². The molecule has 2 aromatic rings. The molecule has 0 aromatic heterocycles. The van der Waals surface area contributed by atoms with Gasteiger partial charge >= 0.3 is 0 Å². The van der Waals surface area contributed by atoms with Crippen LogP contribution in [0.2, 0.25) is 0 Å². The lowest BCUT2D eigenvalue weighted by molar-refractivity contribution is -0.123. The Morgan fingerprint density at radius 3 is 2.38 bits per heavy atom. The van der Waals surface area contributed by atoms with E-state index in [1.165, 1.54) is 19.3 Å². The van der Waals surface area contributed by atoms with Gasteiger partial charge in [0.2, 0.25) is 5.91 Å². The average Bonchev–Trinajstić information content (AvgIpc) is 2.89. The lowest BCUT2D eigenvalue weighted by Crippen LogP contribution is -2.48. The summed E-state index contributed by atoms with van der Waals surface area (Å²) in [6.07, 6.45) is 7.32. The van der Waals surface area contributed by atoms with Crippen molar-refractivity contribution >= 4 is 17.5 Å². The van der Waals surface area contributed by atoms with Gasteiger partial charge in [-0.05, 0) is 61.2 Å². The zero-order chi connectivity index (χ0) is 24.2. The molecule has 1 aliphatic rings. The van der Waals surface area contributed by atoms with Crippen LogP contribution in [0.3, 0.4) is 0 Å². The second kappa shape index (κ2) is 13.5. The summed E-state index contributed by atoms with van der Waals surface area (Å²) in [6, 6.07) is 14.2. The molecule has 0 unspecified atom stereocenters. The largest absolute Gasteiger partial charge is 0.497 e. The van der Waals surface area contributed by atoms with Crippen molar-refractivity contribution in [1.82, 2.24) is 10.6 Å². The van der Waals surface area contributed by atoms with Gasteiger partial charge in [0.05, 0.1) is 14.2 Å². The Morgan fingerprint density at radius 1 is 0.941 bits per heavy atom. The standard InChI is InChI=1S/C27H37N3O4/c1-33-23-14-12-22(13-15-23)28-16-7-17-29-27(32)25(18-20-8-4-3-5-9-20)30-26(31)21-10-6-11-24(19-21)34-2/h6,10-15,19-20,25,28H,3-5,7-9,16-18H2,1-2H3,(H,29,32)(H,30,31)/t25-/m0/s1. The zero-order valence-corrected chi connectivity index (χ0v) is 20.3. The molecule has 0 heterocycles. The Labute approximate surface area is 202 Å². The van der Waals surface area contributed by atoms with Gasteiger partial charge in [-0.2, -0.15) is 0 Å². The van der Waals surface area contributed by atoms with Crippen molar-refractivity contribution in [3.05, 3.63) is 54.1 Å². The number of methoxy groups -OCH3 is 2. The van der Waals surface area contributed by atoms with Gasteiger partial charge in [-0.3, -0.25) is 9.59 Å². The molecule has 3 N–H and O–H groups in total. The molecule has 2 amide bonds. The van der Waals surface area contributed by atoms with Crippen LogP contribution in [0.4, 0.5) is 5.69 Å². The lowest BCUT2D eigenvalue weighted by atomic mass is 9.84. The predicted octanol–water partition coefficient (Wildman–Crippen LogP) is 4.39. The molecule has 34 heavy (non-hydrogen) atoms. The molecule has 2 aromatic carbocycles. The van der Waals surface area contributed by atoms with E-state index >= 15 is 0 Å². The van der Waals surface area contributed by atoms with Crippen molar-refractivity contribution in [3.8, 4) is 11.5 Å². The van der Waals surface area contributed by atoms with Crippen LogP contribution in [0, 0.1) is 5.92 Å². The van der Waals surface area contributed by atoms with Gasteiger partial charge < -0.3 is 25.4 Å². The Kier molecular flexibility index (Phi) is 10.1. The fourth-order valence-electron chi connectivity index (χ4n) is 4.36. The van der Waals surface area contributed by atoms with Crippen molar-refractivity contribution in [2.75, 3.05) is 32.6 Å². The molecular weight excluding hydrogens is 430 g/mol. The van der Waals surface area contributed by atoms with E-state index in [4.69, 9.17) is 9.47 Å². The van der Waals surface area contributed by atoms with Crippen LogP contribution < -0.4 is 25.4 Å². The lowest BCUT2D eigenvalue weighted by Gasteiger charge is -2.26. The normalized spacial score (nSPS) is 14.6. The molecule has 0 saturated heterocycles. The van der Waals surface area contributed by atoms with Crippen LogP contribution in [0.15, 0.2) is 48.5 Å². The molecule has 3 rings (SSSR count). The number of ether oxygens (including phenoxy) is 2. The maximum atomic E-state index is 13.0. The fraction of sp³-hybridized carbons (Fsp3) is 0.481. The third-order valence-corrected chi connectivity index (χ3v) is 6.32. The van der Waals surface area contributed by atoms with Crippen LogP contribution >= 0.6 is 0 Å². The summed E-state index contributed by atoms with van der Waals surface area (Å²) in [5.41, 5.74) is 1.50. The van der Waals surface area contributed by atoms with Crippen molar-refractivity contribution < 1.29 is 19.1 Å². The van der Waals surface area contributed by atoms with Crippen LogP contribution in [-0.2, 0) is 4.79 Å². The highest BCUT2D eigenvalue weighted by Crippen LogP contribution is 2.27. The van der Waals surface area contributed by atoms with Gasteiger partial charge in [0, 0.05) is 24.3 Å². The van der Waals surface area contributed by atoms with E-state index in [0.29, 0.717) is 30.2 Å². The first-order valence-corrected chi connectivity index (χ1v) is 12.2. The molecule has 1 aliphatic carbocycles. The molecule has 0 spiro atoms. The highest BCUT2D eigenvalue weighted by atomic mass is 16.5. The summed E-state index contributed by atoms with van der Waals surface area (Å²) in [4.78, 5) is 25.9. The molecule has 1 atom stereocenters. The van der Waals surface area contributed by atoms with Crippen LogP contribution in [0.25, 0.3) is 0 Å². The third kappa shape index (κ3) is 7.97. The average molecular weight is 468 g/mol. The fourth-order valence-corrected chi connectivity index (χ4v) is 4.36. The molecule has 7 heteroatoms. The molecule has 184 valence electrons. The number of amides is 2. The molecule has 1 fully saturated rings. The van der Waals surface area contributed by atoms with E-state index in [9.17, 15) is 9.59 Å². The predicted molar refractivity (Wildman–Crippen MR) is 135 cm³/mol. The molecule has 0 aliphatic heterocycles. The number of carbonyl (C=O) groups is 2. The number of carbonyl (C=O) groups excluding carboxylic acids is 2. The molecule has 0 bridgehead atoms. The second-order valence-electron chi connectivity index (χ2n) is 8.80. The van der Waals surface area contributed by atoms with Gasteiger partial charge in [-0.1, -0.05) is 38.2 Å². The molecule has 1 saturated carbocycles. The second-order valence-corrected chi connectivity index (χ2v) is 8.80. The van der Waals surface area contributed by atoms with E-state index in [-0.39, 0.29) is 11.8 Å². The number of benzene rings is 2.